The van der Waals surface area contributed by atoms with Crippen LogP contribution in [0.25, 0.3) is 0 Å². The van der Waals surface area contributed by atoms with Crippen molar-refractivity contribution in [2.24, 2.45) is 0 Å². The Morgan fingerprint density at radius 3 is 2.67 bits per heavy atom. The number of hydrogen-bond acceptors (Lipinski definition) is 3. The molecule has 0 N–H and O–H groups in total. The maximum atomic E-state index is 12.1. The van der Waals surface area contributed by atoms with Crippen LogP contribution in [-0.2, 0) is 4.74 Å². The summed E-state index contributed by atoms with van der Waals surface area (Å²) >= 11 is 6.00. The number of ether oxygens (including phenoxy) is 1. The third-order valence-corrected chi connectivity index (χ3v) is 2.42. The van der Waals surface area contributed by atoms with Crippen molar-refractivity contribution in [1.82, 2.24) is 0 Å². The lowest BCUT2D eigenvalue weighted by atomic mass is 10.2. The van der Waals surface area contributed by atoms with E-state index in [1.165, 1.54) is 25.3 Å². The van der Waals surface area contributed by atoms with Gasteiger partial charge >= 0.3 is 5.97 Å². The van der Waals surface area contributed by atoms with Gasteiger partial charge < -0.3 is 4.74 Å². The molecule has 0 bridgehead atoms. The minimum absolute atomic E-state index is 0.160. The highest BCUT2D eigenvalue weighted by Crippen LogP contribution is 2.28. The average molecular weight is 253 g/mol. The van der Waals surface area contributed by atoms with Crippen molar-refractivity contribution in [1.29, 1.82) is 0 Å². The quantitative estimate of drug-likeness (QED) is 0.609. The second kappa shape index (κ2) is 5.32. The molecule has 82 valence electrons. The van der Waals surface area contributed by atoms with Gasteiger partial charge in [-0.2, -0.15) is 8.78 Å². The number of carbonyl (C=O) groups is 1. The number of hydrogen-bond donors (Lipinski definition) is 0. The largest absolute Gasteiger partial charge is 0.465 e. The van der Waals surface area contributed by atoms with Gasteiger partial charge in [-0.1, -0.05) is 23.4 Å². The summed E-state index contributed by atoms with van der Waals surface area (Å²) in [6.07, 6.45) is 0. The van der Waals surface area contributed by atoms with E-state index in [2.05, 4.69) is 4.74 Å². The van der Waals surface area contributed by atoms with Crippen molar-refractivity contribution < 1.29 is 18.3 Å². The molecule has 0 unspecified atom stereocenters. The second-order valence-electron chi connectivity index (χ2n) is 2.55. The van der Waals surface area contributed by atoms with Crippen molar-refractivity contribution >= 4 is 29.3 Å². The van der Waals surface area contributed by atoms with Crippen LogP contribution in [-0.4, -0.2) is 18.8 Å². The number of halogens is 3. The van der Waals surface area contributed by atoms with Gasteiger partial charge in [-0.15, -0.1) is 0 Å². The molecule has 0 heterocycles. The molecule has 0 aliphatic carbocycles. The SMILES string of the molecule is COC(=O)c1cc(Cl)cc(SC(F)F)c1. The Morgan fingerprint density at radius 1 is 1.47 bits per heavy atom. The molecule has 1 aromatic rings. The van der Waals surface area contributed by atoms with Crippen molar-refractivity contribution in [2.75, 3.05) is 7.11 Å². The highest BCUT2D eigenvalue weighted by molar-refractivity contribution is 7.99. The zero-order valence-corrected chi connectivity index (χ0v) is 9.24. The summed E-state index contributed by atoms with van der Waals surface area (Å²) in [4.78, 5) is 11.4. The molecular weight excluding hydrogens is 246 g/mol. The highest BCUT2D eigenvalue weighted by atomic mass is 35.5. The molecule has 0 aromatic heterocycles. The van der Waals surface area contributed by atoms with Gasteiger partial charge in [-0.25, -0.2) is 4.79 Å². The van der Waals surface area contributed by atoms with Crippen LogP contribution in [0.15, 0.2) is 23.1 Å². The van der Waals surface area contributed by atoms with Gasteiger partial charge in [0.2, 0.25) is 0 Å². The van der Waals surface area contributed by atoms with Gasteiger partial charge in [0.1, 0.15) is 0 Å². The van der Waals surface area contributed by atoms with E-state index in [0.717, 1.165) is 0 Å². The lowest BCUT2D eigenvalue weighted by molar-refractivity contribution is 0.0600. The van der Waals surface area contributed by atoms with Crippen LogP contribution in [0.3, 0.4) is 0 Å². The second-order valence-corrected chi connectivity index (χ2v) is 4.05. The minimum Gasteiger partial charge on any atom is -0.465 e. The molecule has 0 fully saturated rings. The van der Waals surface area contributed by atoms with Crippen LogP contribution >= 0.6 is 23.4 Å². The number of benzene rings is 1. The molecule has 2 nitrogen and oxygen atoms in total. The minimum atomic E-state index is -2.55. The third-order valence-electron chi connectivity index (χ3n) is 1.52. The van der Waals surface area contributed by atoms with Gasteiger partial charge in [0.05, 0.1) is 12.7 Å². The maximum Gasteiger partial charge on any atom is 0.337 e. The van der Waals surface area contributed by atoms with Crippen LogP contribution in [0.4, 0.5) is 8.78 Å². The van der Waals surface area contributed by atoms with Crippen molar-refractivity contribution in [2.45, 2.75) is 10.7 Å². The number of alkyl halides is 2. The van der Waals surface area contributed by atoms with Gasteiger partial charge in [0.25, 0.3) is 5.76 Å². The molecule has 0 amide bonds. The molecule has 6 heteroatoms. The number of esters is 1. The Hall–Kier alpha value is -0.810. The monoisotopic (exact) mass is 252 g/mol. The summed E-state index contributed by atoms with van der Waals surface area (Å²) in [5.41, 5.74) is 0.160. The Balaban J connectivity index is 2.99. The molecule has 0 saturated heterocycles. The zero-order valence-electron chi connectivity index (χ0n) is 7.67. The van der Waals surface area contributed by atoms with Crippen molar-refractivity contribution in [3.8, 4) is 0 Å². The first-order valence-electron chi connectivity index (χ1n) is 3.86. The van der Waals surface area contributed by atoms with Gasteiger partial charge in [0.15, 0.2) is 0 Å². The standard InChI is InChI=1S/C9H7ClF2O2S/c1-14-8(13)5-2-6(10)4-7(3-5)15-9(11)12/h2-4,9H,1H3. The molecule has 0 aliphatic rings. The normalized spacial score (nSPS) is 10.5. The predicted molar refractivity (Wildman–Crippen MR) is 54.7 cm³/mol. The average Bonchev–Trinajstić information content (AvgIpc) is 2.14. The molecule has 1 rings (SSSR count). The van der Waals surface area contributed by atoms with E-state index in [0.29, 0.717) is 11.8 Å². The predicted octanol–water partition coefficient (Wildman–Crippen LogP) is 3.44. The molecule has 0 spiro atoms. The summed E-state index contributed by atoms with van der Waals surface area (Å²) in [6, 6.07) is 4.04. The van der Waals surface area contributed by atoms with Crippen LogP contribution in [0.5, 0.6) is 0 Å². The first-order valence-corrected chi connectivity index (χ1v) is 5.12. The van der Waals surface area contributed by atoms with Crippen LogP contribution in [0, 0.1) is 0 Å². The number of rotatable bonds is 3. The maximum absolute atomic E-state index is 12.1. The summed E-state index contributed by atoms with van der Waals surface area (Å²) in [5.74, 6) is -3.15. The first-order chi connectivity index (χ1) is 7.02. The van der Waals surface area contributed by atoms with Crippen LogP contribution < -0.4 is 0 Å². The molecular formula is C9H7ClF2O2S. The molecule has 0 atom stereocenters. The Morgan fingerprint density at radius 2 is 2.13 bits per heavy atom. The number of methoxy groups -OCH3 is 1. The van der Waals surface area contributed by atoms with Crippen LogP contribution in [0.2, 0.25) is 5.02 Å². The summed E-state index contributed by atoms with van der Waals surface area (Å²) in [7, 11) is 1.21. The van der Waals surface area contributed by atoms with E-state index in [4.69, 9.17) is 11.6 Å². The fourth-order valence-corrected chi connectivity index (χ4v) is 1.86. The van der Waals surface area contributed by atoms with E-state index in [1.807, 2.05) is 0 Å². The van der Waals surface area contributed by atoms with E-state index in [1.54, 1.807) is 0 Å². The van der Waals surface area contributed by atoms with Gasteiger partial charge in [0, 0.05) is 9.92 Å². The molecule has 0 aliphatic heterocycles. The fourth-order valence-electron chi connectivity index (χ4n) is 0.969. The Bertz CT molecular complexity index is 371. The van der Waals surface area contributed by atoms with Crippen molar-refractivity contribution in [3.05, 3.63) is 28.8 Å². The smallest absolute Gasteiger partial charge is 0.337 e. The topological polar surface area (TPSA) is 26.3 Å². The zero-order chi connectivity index (χ0) is 11.4. The third kappa shape index (κ3) is 3.68. The Labute approximate surface area is 94.6 Å². The van der Waals surface area contributed by atoms with E-state index in [-0.39, 0.29) is 15.5 Å². The summed E-state index contributed by atoms with van der Waals surface area (Å²) in [5, 5.41) is 0.223. The highest BCUT2D eigenvalue weighted by Gasteiger charge is 2.11. The fraction of sp³-hybridized carbons (Fsp3) is 0.222. The molecule has 0 saturated carbocycles. The van der Waals surface area contributed by atoms with Gasteiger partial charge in [-0.3, -0.25) is 0 Å². The first kappa shape index (κ1) is 12.3. The van der Waals surface area contributed by atoms with E-state index < -0.39 is 11.7 Å². The number of thioether (sulfide) groups is 1. The van der Waals surface area contributed by atoms with E-state index >= 15 is 0 Å². The molecule has 0 radical (unpaired) electrons. The molecule has 15 heavy (non-hydrogen) atoms. The molecule has 1 aromatic carbocycles. The van der Waals surface area contributed by atoms with Crippen molar-refractivity contribution in [3.63, 3.8) is 0 Å². The Kier molecular flexibility index (Phi) is 4.35. The number of carbonyl (C=O) groups excluding carboxylic acids is 1. The van der Waals surface area contributed by atoms with E-state index in [9.17, 15) is 13.6 Å². The summed E-state index contributed by atoms with van der Waals surface area (Å²) in [6.45, 7) is 0. The van der Waals surface area contributed by atoms with Crippen LogP contribution in [0.1, 0.15) is 10.4 Å². The lowest BCUT2D eigenvalue weighted by Gasteiger charge is -2.04. The lowest BCUT2D eigenvalue weighted by Crippen LogP contribution is -2.01. The summed E-state index contributed by atoms with van der Waals surface area (Å²) < 4.78 is 28.6. The van der Waals surface area contributed by atoms with Gasteiger partial charge in [-0.05, 0) is 18.2 Å².